The van der Waals surface area contributed by atoms with Gasteiger partial charge in [0, 0.05) is 37.2 Å². The molecule has 4 N–H and O–H groups in total. The largest absolute Gasteiger partial charge is 0.481 e. The standard InChI is InChI=1S/C19H41NO6Si2.C10H21NO6Si/c1-6-25-18(22)16(20-11-9-13-27-19(23-4)24-5)15-17(21)26-12-10-14-28(7-2)8-3;1-16-10(17-2)18-5-3-4-11-7(9(14)15)6-8(12)13/h16,19-20,28H,6-15,27H2,1-5H3;7,10-11H,3-6,18H2,1-2H3,(H,12,13)(H,14,15). The zero-order chi connectivity index (χ0) is 35.2. The van der Waals surface area contributed by atoms with E-state index in [-0.39, 0.29) is 24.2 Å². The predicted octanol–water partition coefficient (Wildman–Crippen LogP) is 0.709. The Labute approximate surface area is 281 Å². The van der Waals surface area contributed by atoms with Gasteiger partial charge in [0.05, 0.1) is 45.1 Å². The number of carboxylic acids is 2. The number of hydrogen-bond donors (Lipinski definition) is 4. The van der Waals surface area contributed by atoms with Crippen LogP contribution in [0.15, 0.2) is 0 Å². The third-order valence-electron chi connectivity index (χ3n) is 7.36. The molecule has 46 heavy (non-hydrogen) atoms. The van der Waals surface area contributed by atoms with Gasteiger partial charge in [-0.2, -0.15) is 0 Å². The van der Waals surface area contributed by atoms with Gasteiger partial charge in [0.2, 0.25) is 0 Å². The zero-order valence-corrected chi connectivity index (χ0v) is 33.2. The maximum Gasteiger partial charge on any atom is 0.323 e. The first-order valence-corrected chi connectivity index (χ1v) is 22.5. The molecule has 272 valence electrons. The van der Waals surface area contributed by atoms with E-state index in [1.807, 2.05) is 0 Å². The number of carboxylic acid groups (broad SMARTS) is 2. The Hall–Kier alpha value is -1.71. The Bertz CT molecular complexity index is 789. The van der Waals surface area contributed by atoms with Crippen LogP contribution in [0.4, 0.5) is 0 Å². The molecule has 2 atom stereocenters. The van der Waals surface area contributed by atoms with Gasteiger partial charge in [-0.1, -0.05) is 44.1 Å². The topological polar surface area (TPSA) is 188 Å². The average Bonchev–Trinajstić information content (AvgIpc) is 3.03. The second kappa shape index (κ2) is 31.9. The number of esters is 2. The maximum atomic E-state index is 12.1. The fourth-order valence-electron chi connectivity index (χ4n) is 4.47. The van der Waals surface area contributed by atoms with E-state index in [0.29, 0.717) is 26.3 Å². The molecular formula is C29H62N2O12Si3. The summed E-state index contributed by atoms with van der Waals surface area (Å²) in [6.07, 6.45) is 2.22. The van der Waals surface area contributed by atoms with E-state index in [4.69, 9.17) is 38.6 Å². The normalized spacial score (nSPS) is 13.0. The molecule has 17 heteroatoms. The summed E-state index contributed by atoms with van der Waals surface area (Å²) in [6, 6.07) is 4.08. The lowest BCUT2D eigenvalue weighted by Crippen LogP contribution is -2.41. The van der Waals surface area contributed by atoms with Crippen molar-refractivity contribution in [2.45, 2.75) is 107 Å². The minimum absolute atomic E-state index is 0.0114. The van der Waals surface area contributed by atoms with Crippen molar-refractivity contribution in [3.63, 3.8) is 0 Å². The highest BCUT2D eigenvalue weighted by atomic mass is 28.3. The van der Waals surface area contributed by atoms with Crippen molar-refractivity contribution in [3.8, 4) is 0 Å². The molecule has 0 aromatic carbocycles. The highest BCUT2D eigenvalue weighted by molar-refractivity contribution is 6.58. The van der Waals surface area contributed by atoms with Crippen molar-refractivity contribution in [1.29, 1.82) is 0 Å². The molecule has 0 saturated heterocycles. The van der Waals surface area contributed by atoms with Crippen LogP contribution in [0.5, 0.6) is 0 Å². The molecule has 0 aromatic heterocycles. The second-order valence-electron chi connectivity index (χ2n) is 10.7. The van der Waals surface area contributed by atoms with Gasteiger partial charge >= 0.3 is 23.9 Å². The number of hydrogen-bond acceptors (Lipinski definition) is 12. The van der Waals surface area contributed by atoms with Gasteiger partial charge in [0.1, 0.15) is 23.9 Å². The second-order valence-corrected chi connectivity index (χ2v) is 18.6. The van der Waals surface area contributed by atoms with Crippen LogP contribution in [0.1, 0.15) is 52.9 Å². The summed E-state index contributed by atoms with van der Waals surface area (Å²) >= 11 is 0. The van der Waals surface area contributed by atoms with E-state index < -0.39 is 64.2 Å². The molecule has 0 heterocycles. The smallest absolute Gasteiger partial charge is 0.323 e. The van der Waals surface area contributed by atoms with Crippen LogP contribution >= 0.6 is 0 Å². The van der Waals surface area contributed by atoms with Crippen LogP contribution in [0.3, 0.4) is 0 Å². The Morgan fingerprint density at radius 1 is 0.717 bits per heavy atom. The number of carbonyl (C=O) groups excluding carboxylic acids is 2. The molecule has 0 aliphatic rings. The Kier molecular flexibility index (Phi) is 32.2. The molecule has 0 fully saturated rings. The summed E-state index contributed by atoms with van der Waals surface area (Å²) in [4.78, 5) is 45.4. The number of methoxy groups -OCH3 is 4. The van der Waals surface area contributed by atoms with Crippen molar-refractivity contribution in [1.82, 2.24) is 10.6 Å². The van der Waals surface area contributed by atoms with E-state index in [1.165, 1.54) is 18.1 Å². The third kappa shape index (κ3) is 26.4. The van der Waals surface area contributed by atoms with Gasteiger partial charge in [-0.3, -0.25) is 19.2 Å². The molecule has 0 amide bonds. The molecule has 0 saturated carbocycles. The van der Waals surface area contributed by atoms with Crippen LogP contribution in [0.2, 0.25) is 30.2 Å². The number of nitrogens with one attached hydrogen (secondary N) is 2. The molecule has 0 radical (unpaired) electrons. The Balaban J connectivity index is 0. The third-order valence-corrected chi connectivity index (χ3v) is 15.0. The van der Waals surface area contributed by atoms with Crippen LogP contribution in [0, 0.1) is 0 Å². The molecule has 0 rings (SSSR count). The van der Waals surface area contributed by atoms with Crippen LogP contribution in [-0.4, -0.2) is 141 Å². The lowest BCUT2D eigenvalue weighted by atomic mass is 10.2. The van der Waals surface area contributed by atoms with E-state index >= 15 is 0 Å². The van der Waals surface area contributed by atoms with E-state index in [9.17, 15) is 19.2 Å². The van der Waals surface area contributed by atoms with Crippen molar-refractivity contribution >= 4 is 51.7 Å². The lowest BCUT2D eigenvalue weighted by Gasteiger charge is -2.17. The van der Waals surface area contributed by atoms with Crippen LogP contribution in [0.25, 0.3) is 0 Å². The molecule has 0 bridgehead atoms. The first-order valence-electron chi connectivity index (χ1n) is 16.4. The summed E-state index contributed by atoms with van der Waals surface area (Å²) in [7, 11) is 4.84. The summed E-state index contributed by atoms with van der Waals surface area (Å²) in [5.74, 6) is -3.18. The van der Waals surface area contributed by atoms with Gasteiger partial charge in [-0.25, -0.2) is 0 Å². The van der Waals surface area contributed by atoms with Crippen molar-refractivity contribution in [2.24, 2.45) is 0 Å². The van der Waals surface area contributed by atoms with Crippen molar-refractivity contribution < 1.29 is 57.8 Å². The Morgan fingerprint density at radius 2 is 1.22 bits per heavy atom. The van der Waals surface area contributed by atoms with Gasteiger partial charge in [-0.15, -0.1) is 0 Å². The molecule has 0 aromatic rings. The van der Waals surface area contributed by atoms with Crippen LogP contribution < -0.4 is 10.6 Å². The minimum atomic E-state index is -1.14. The van der Waals surface area contributed by atoms with Crippen molar-refractivity contribution in [3.05, 3.63) is 0 Å². The molecular weight excluding hydrogens is 653 g/mol. The highest BCUT2D eigenvalue weighted by Gasteiger charge is 2.24. The molecule has 2 unspecified atom stereocenters. The highest BCUT2D eigenvalue weighted by Crippen LogP contribution is 2.08. The summed E-state index contributed by atoms with van der Waals surface area (Å²) in [6.45, 7) is 8.11. The fourth-order valence-corrected chi connectivity index (χ4v) is 9.30. The lowest BCUT2D eigenvalue weighted by molar-refractivity contribution is -0.152. The fraction of sp³-hybridized carbons (Fsp3) is 0.862. The number of carbonyl (C=O) groups is 4. The van der Waals surface area contributed by atoms with Crippen LogP contribution in [-0.2, 0) is 47.6 Å². The molecule has 0 aliphatic heterocycles. The molecule has 0 aliphatic carbocycles. The summed E-state index contributed by atoms with van der Waals surface area (Å²) in [5.41, 5.74) is 0. The maximum absolute atomic E-state index is 12.1. The first-order chi connectivity index (χ1) is 22.0. The summed E-state index contributed by atoms with van der Waals surface area (Å²) in [5, 5.41) is 23.2. The molecule has 14 nitrogen and oxygen atoms in total. The van der Waals surface area contributed by atoms with Gasteiger partial charge in [0.15, 0.2) is 0 Å². The summed E-state index contributed by atoms with van der Waals surface area (Å²) < 4.78 is 31.0. The van der Waals surface area contributed by atoms with E-state index in [2.05, 4.69) is 24.5 Å². The first kappa shape index (κ1) is 46.4. The Morgan fingerprint density at radius 3 is 1.63 bits per heavy atom. The molecule has 0 spiro atoms. The van der Waals surface area contributed by atoms with Gasteiger partial charge in [0.25, 0.3) is 0 Å². The SMILES string of the molecule is CCOC(=O)C(CC(=O)OCCC[SiH](CC)CC)NCCC[SiH2]C(OC)OC.COC(OC)[SiH2]CCCNC(CC(=O)O)C(=O)O. The van der Waals surface area contributed by atoms with E-state index in [1.54, 1.807) is 35.4 Å². The minimum Gasteiger partial charge on any atom is -0.481 e. The zero-order valence-electron chi connectivity index (χ0n) is 29.2. The number of rotatable bonds is 29. The van der Waals surface area contributed by atoms with Crippen molar-refractivity contribution in [2.75, 3.05) is 54.7 Å². The number of ether oxygens (including phenoxy) is 6. The van der Waals surface area contributed by atoms with E-state index in [0.717, 1.165) is 31.4 Å². The quantitative estimate of drug-likeness (QED) is 0.0367. The predicted molar refractivity (Wildman–Crippen MR) is 185 cm³/mol. The van der Waals surface area contributed by atoms with Gasteiger partial charge < -0.3 is 49.3 Å². The average molecular weight is 715 g/mol. The van der Waals surface area contributed by atoms with Gasteiger partial charge in [-0.05, 0) is 39.3 Å². The number of aliphatic carboxylic acids is 2. The monoisotopic (exact) mass is 714 g/mol.